The van der Waals surface area contributed by atoms with Gasteiger partial charge in [-0.2, -0.15) is 0 Å². The molecule has 0 aliphatic rings. The fraction of sp³-hybridized carbons (Fsp3) is 0.417. The molecule has 1 amide bonds. The molecule has 0 bridgehead atoms. The van der Waals surface area contributed by atoms with Crippen LogP contribution in [0.5, 0.6) is 0 Å². The molecule has 0 saturated heterocycles. The monoisotopic (exact) mass is 266 g/mol. The summed E-state index contributed by atoms with van der Waals surface area (Å²) in [7, 11) is 0. The summed E-state index contributed by atoms with van der Waals surface area (Å²) in [4.78, 5) is 26.8. The largest absolute Gasteiger partial charge is 0.444 e. The van der Waals surface area contributed by atoms with E-state index >= 15 is 0 Å². The average Bonchev–Trinajstić information content (AvgIpc) is 2.63. The highest BCUT2D eigenvalue weighted by molar-refractivity contribution is 7.14. The van der Waals surface area contributed by atoms with E-state index in [1.54, 1.807) is 26.2 Å². The Hall–Kier alpha value is -1.87. The third kappa shape index (κ3) is 4.55. The number of ether oxygens (including phenoxy) is 1. The standard InChI is InChI=1S/C12H14N2O3S/c1-5-6-9(15)8-7-18-10(13-8)14-11(16)17-12(2,3)4/h1,7H,6H2,2-4H3,(H,13,14,16). The number of hydrogen-bond donors (Lipinski definition) is 1. The Labute approximate surface area is 110 Å². The van der Waals surface area contributed by atoms with Gasteiger partial charge in [0.1, 0.15) is 11.3 Å². The molecule has 1 aromatic rings. The summed E-state index contributed by atoms with van der Waals surface area (Å²) in [6.45, 7) is 5.28. The molecule has 0 aliphatic heterocycles. The van der Waals surface area contributed by atoms with Gasteiger partial charge in [-0.25, -0.2) is 9.78 Å². The number of terminal acetylenes is 1. The van der Waals surface area contributed by atoms with Gasteiger partial charge in [0.15, 0.2) is 10.9 Å². The van der Waals surface area contributed by atoms with E-state index in [1.807, 2.05) is 0 Å². The lowest BCUT2D eigenvalue weighted by atomic mass is 10.2. The Morgan fingerprint density at radius 3 is 2.78 bits per heavy atom. The van der Waals surface area contributed by atoms with Crippen LogP contribution in [0, 0.1) is 12.3 Å². The highest BCUT2D eigenvalue weighted by atomic mass is 32.1. The fourth-order valence-electron chi connectivity index (χ4n) is 1.03. The molecule has 0 radical (unpaired) electrons. The summed E-state index contributed by atoms with van der Waals surface area (Å²) in [5.41, 5.74) is -0.326. The number of ketones is 1. The van der Waals surface area contributed by atoms with Crippen molar-refractivity contribution < 1.29 is 14.3 Å². The zero-order valence-corrected chi connectivity index (χ0v) is 11.3. The lowest BCUT2D eigenvalue weighted by molar-refractivity contribution is 0.0635. The molecule has 5 nitrogen and oxygen atoms in total. The summed E-state index contributed by atoms with van der Waals surface area (Å²) in [5.74, 6) is 2.01. The number of aromatic nitrogens is 1. The lowest BCUT2D eigenvalue weighted by Crippen LogP contribution is -2.27. The van der Waals surface area contributed by atoms with Crippen LogP contribution < -0.4 is 5.32 Å². The van der Waals surface area contributed by atoms with Crippen LogP contribution in [-0.4, -0.2) is 22.5 Å². The first kappa shape index (κ1) is 14.2. The summed E-state index contributed by atoms with van der Waals surface area (Å²) in [6.07, 6.45) is 4.43. The van der Waals surface area contributed by atoms with Crippen LogP contribution in [0.4, 0.5) is 9.93 Å². The number of nitrogens with one attached hydrogen (secondary N) is 1. The molecule has 1 N–H and O–H groups in total. The molecule has 1 heterocycles. The zero-order valence-electron chi connectivity index (χ0n) is 10.4. The number of anilines is 1. The summed E-state index contributed by atoms with van der Waals surface area (Å²) < 4.78 is 5.06. The quantitative estimate of drug-likeness (QED) is 0.674. The number of nitrogens with zero attached hydrogens (tertiary/aromatic N) is 1. The molecular weight excluding hydrogens is 252 g/mol. The molecule has 0 aliphatic carbocycles. The Balaban J connectivity index is 2.62. The Bertz CT molecular complexity index is 494. The van der Waals surface area contributed by atoms with E-state index in [0.717, 1.165) is 11.3 Å². The Kier molecular flexibility index (Phi) is 4.45. The first-order chi connectivity index (χ1) is 8.31. The molecular formula is C12H14N2O3S. The van der Waals surface area contributed by atoms with E-state index in [0.29, 0.717) is 5.13 Å². The van der Waals surface area contributed by atoms with Crippen LogP contribution in [0.15, 0.2) is 5.38 Å². The molecule has 18 heavy (non-hydrogen) atoms. The highest BCUT2D eigenvalue weighted by Gasteiger charge is 2.18. The number of carbonyl (C=O) groups is 2. The van der Waals surface area contributed by atoms with Gasteiger partial charge in [-0.05, 0) is 20.8 Å². The van der Waals surface area contributed by atoms with Crippen LogP contribution in [-0.2, 0) is 4.74 Å². The van der Waals surface area contributed by atoms with Crippen LogP contribution >= 0.6 is 11.3 Å². The van der Waals surface area contributed by atoms with Crippen molar-refractivity contribution in [3.05, 3.63) is 11.1 Å². The van der Waals surface area contributed by atoms with Crippen molar-refractivity contribution in [3.63, 3.8) is 0 Å². The minimum absolute atomic E-state index is 0.00435. The van der Waals surface area contributed by atoms with Gasteiger partial charge < -0.3 is 4.74 Å². The molecule has 1 aromatic heterocycles. The maximum atomic E-state index is 11.4. The number of Topliss-reactive ketones (excluding diaryl/α,β-unsaturated/α-hetero) is 1. The summed E-state index contributed by atoms with van der Waals surface area (Å²) in [5, 5.41) is 4.32. The van der Waals surface area contributed by atoms with E-state index in [-0.39, 0.29) is 17.9 Å². The van der Waals surface area contributed by atoms with Gasteiger partial charge in [0.25, 0.3) is 0 Å². The van der Waals surface area contributed by atoms with Crippen molar-refractivity contribution in [2.75, 3.05) is 5.32 Å². The molecule has 0 unspecified atom stereocenters. The predicted octanol–water partition coefficient (Wildman–Crippen LogP) is 2.70. The van der Waals surface area contributed by atoms with Crippen LogP contribution in [0.2, 0.25) is 0 Å². The second-order valence-electron chi connectivity index (χ2n) is 4.47. The van der Waals surface area contributed by atoms with E-state index in [2.05, 4.69) is 16.2 Å². The Morgan fingerprint density at radius 1 is 1.56 bits per heavy atom. The number of rotatable bonds is 3. The van der Waals surface area contributed by atoms with Crippen LogP contribution in [0.3, 0.4) is 0 Å². The van der Waals surface area contributed by atoms with Gasteiger partial charge in [0, 0.05) is 5.38 Å². The number of carbonyl (C=O) groups excluding carboxylic acids is 2. The van der Waals surface area contributed by atoms with E-state index in [1.165, 1.54) is 0 Å². The van der Waals surface area contributed by atoms with Crippen molar-refractivity contribution in [2.24, 2.45) is 0 Å². The highest BCUT2D eigenvalue weighted by Crippen LogP contribution is 2.17. The zero-order chi connectivity index (χ0) is 13.8. The van der Waals surface area contributed by atoms with Crippen molar-refractivity contribution >= 4 is 28.3 Å². The maximum Gasteiger partial charge on any atom is 0.413 e. The predicted molar refractivity (Wildman–Crippen MR) is 69.8 cm³/mol. The third-order valence-corrected chi connectivity index (χ3v) is 2.42. The third-order valence-electron chi connectivity index (χ3n) is 1.66. The van der Waals surface area contributed by atoms with Crippen molar-refractivity contribution in [3.8, 4) is 12.3 Å². The smallest absolute Gasteiger partial charge is 0.413 e. The van der Waals surface area contributed by atoms with Crippen molar-refractivity contribution in [1.82, 2.24) is 4.98 Å². The molecule has 0 atom stereocenters. The normalized spacial score (nSPS) is 10.6. The minimum atomic E-state index is -0.604. The molecule has 96 valence electrons. The minimum Gasteiger partial charge on any atom is -0.444 e. The van der Waals surface area contributed by atoms with E-state index < -0.39 is 11.7 Å². The number of amides is 1. The van der Waals surface area contributed by atoms with E-state index in [4.69, 9.17) is 11.2 Å². The van der Waals surface area contributed by atoms with Gasteiger partial charge in [0.2, 0.25) is 0 Å². The Morgan fingerprint density at radius 2 is 2.22 bits per heavy atom. The molecule has 1 rings (SSSR count). The SMILES string of the molecule is C#CCC(=O)c1csc(NC(=O)OC(C)(C)C)n1. The molecule has 0 fully saturated rings. The molecule has 6 heteroatoms. The van der Waals surface area contributed by atoms with E-state index in [9.17, 15) is 9.59 Å². The second-order valence-corrected chi connectivity index (χ2v) is 5.33. The summed E-state index contributed by atoms with van der Waals surface area (Å²) >= 11 is 1.15. The topological polar surface area (TPSA) is 68.3 Å². The molecule has 0 saturated carbocycles. The van der Waals surface area contributed by atoms with Gasteiger partial charge >= 0.3 is 6.09 Å². The molecule has 0 aromatic carbocycles. The first-order valence-corrected chi connectivity index (χ1v) is 6.12. The van der Waals surface area contributed by atoms with Gasteiger partial charge in [-0.1, -0.05) is 5.92 Å². The fourth-order valence-corrected chi connectivity index (χ4v) is 1.73. The second kappa shape index (κ2) is 5.65. The summed E-state index contributed by atoms with van der Waals surface area (Å²) in [6, 6.07) is 0. The van der Waals surface area contributed by atoms with Crippen LogP contribution in [0.1, 0.15) is 37.7 Å². The number of thiazole rings is 1. The average molecular weight is 266 g/mol. The number of hydrogen-bond acceptors (Lipinski definition) is 5. The van der Waals surface area contributed by atoms with Gasteiger partial charge in [-0.15, -0.1) is 17.8 Å². The lowest BCUT2D eigenvalue weighted by Gasteiger charge is -2.18. The first-order valence-electron chi connectivity index (χ1n) is 5.24. The van der Waals surface area contributed by atoms with Crippen molar-refractivity contribution in [1.29, 1.82) is 0 Å². The molecule has 0 spiro atoms. The van der Waals surface area contributed by atoms with Gasteiger partial charge in [0.05, 0.1) is 6.42 Å². The van der Waals surface area contributed by atoms with Crippen molar-refractivity contribution in [2.45, 2.75) is 32.8 Å². The van der Waals surface area contributed by atoms with Gasteiger partial charge in [-0.3, -0.25) is 10.1 Å². The van der Waals surface area contributed by atoms with Crippen LogP contribution in [0.25, 0.3) is 0 Å². The maximum absolute atomic E-state index is 11.4.